The highest BCUT2D eigenvalue weighted by Gasteiger charge is 2.33. The van der Waals surface area contributed by atoms with Crippen molar-refractivity contribution in [3.8, 4) is 0 Å². The minimum Gasteiger partial charge on any atom is -0.481 e. The Kier molecular flexibility index (Phi) is 3.33. The number of anilines is 1. The molecule has 2 amide bonds. The van der Waals surface area contributed by atoms with Crippen molar-refractivity contribution in [1.29, 1.82) is 0 Å². The summed E-state index contributed by atoms with van der Waals surface area (Å²) >= 11 is 3.33. The van der Waals surface area contributed by atoms with Crippen molar-refractivity contribution in [2.24, 2.45) is 0 Å². The van der Waals surface area contributed by atoms with Crippen LogP contribution in [0.5, 0.6) is 0 Å². The fraction of sp³-hybridized carbons (Fsp3) is 0.273. The first-order valence-corrected chi connectivity index (χ1v) is 5.91. The Morgan fingerprint density at radius 1 is 1.59 bits per heavy atom. The maximum Gasteiger partial charge on any atom is 0.322 e. The van der Waals surface area contributed by atoms with Crippen LogP contribution in [0.4, 0.5) is 10.5 Å². The topological polar surface area (TPSA) is 69.6 Å². The molecule has 90 valence electrons. The van der Waals surface area contributed by atoms with E-state index in [-0.39, 0.29) is 18.5 Å². The van der Waals surface area contributed by atoms with Crippen LogP contribution >= 0.6 is 15.9 Å². The molecule has 1 aromatic rings. The number of urea groups is 1. The predicted molar refractivity (Wildman–Crippen MR) is 66.1 cm³/mol. The first-order valence-electron chi connectivity index (χ1n) is 5.12. The molecule has 1 atom stereocenters. The summed E-state index contributed by atoms with van der Waals surface area (Å²) in [5.74, 6) is -0.911. The molecule has 0 aliphatic carbocycles. The Morgan fingerprint density at radius 2 is 2.35 bits per heavy atom. The van der Waals surface area contributed by atoms with E-state index in [4.69, 9.17) is 5.11 Å². The molecule has 0 aromatic heterocycles. The second-order valence-corrected chi connectivity index (χ2v) is 4.70. The second-order valence-electron chi connectivity index (χ2n) is 3.79. The van der Waals surface area contributed by atoms with E-state index in [1.165, 1.54) is 4.90 Å². The van der Waals surface area contributed by atoms with Crippen LogP contribution in [-0.2, 0) is 4.79 Å². The molecule has 1 fully saturated rings. The quantitative estimate of drug-likeness (QED) is 0.894. The number of halogens is 1. The van der Waals surface area contributed by atoms with E-state index >= 15 is 0 Å². The van der Waals surface area contributed by atoms with Gasteiger partial charge in [-0.05, 0) is 18.2 Å². The van der Waals surface area contributed by atoms with Gasteiger partial charge in [0, 0.05) is 16.7 Å². The summed E-state index contributed by atoms with van der Waals surface area (Å²) in [4.78, 5) is 23.9. The lowest BCUT2D eigenvalue weighted by molar-refractivity contribution is -0.137. The Balaban J connectivity index is 2.27. The number of nitrogens with one attached hydrogen (secondary N) is 1. The Labute approximate surface area is 107 Å². The van der Waals surface area contributed by atoms with E-state index in [1.54, 1.807) is 12.1 Å². The van der Waals surface area contributed by atoms with E-state index in [1.807, 2.05) is 12.1 Å². The lowest BCUT2D eigenvalue weighted by Gasteiger charge is -2.21. The molecule has 1 saturated heterocycles. The highest BCUT2D eigenvalue weighted by Crippen LogP contribution is 2.25. The van der Waals surface area contributed by atoms with Crippen molar-refractivity contribution >= 4 is 33.6 Å². The molecule has 0 spiro atoms. The number of benzene rings is 1. The molecule has 1 unspecified atom stereocenters. The van der Waals surface area contributed by atoms with Gasteiger partial charge in [-0.3, -0.25) is 9.69 Å². The van der Waals surface area contributed by atoms with Gasteiger partial charge in [0.25, 0.3) is 0 Å². The average Bonchev–Trinajstić information content (AvgIpc) is 2.59. The van der Waals surface area contributed by atoms with Gasteiger partial charge >= 0.3 is 12.0 Å². The minimum absolute atomic E-state index is 0.0642. The molecule has 2 N–H and O–H groups in total. The normalized spacial score (nSPS) is 19.2. The number of nitrogens with zero attached hydrogens (tertiary/aromatic N) is 1. The minimum atomic E-state index is -0.911. The largest absolute Gasteiger partial charge is 0.481 e. The number of carboxylic acids is 1. The number of carbonyl (C=O) groups is 2. The van der Waals surface area contributed by atoms with Crippen molar-refractivity contribution in [2.45, 2.75) is 12.5 Å². The Bertz CT molecular complexity index is 464. The first-order chi connectivity index (χ1) is 8.08. The Morgan fingerprint density at radius 3 is 3.00 bits per heavy atom. The lowest BCUT2D eigenvalue weighted by Crippen LogP contribution is -2.35. The van der Waals surface area contributed by atoms with Gasteiger partial charge in [0.05, 0.1) is 12.5 Å². The van der Waals surface area contributed by atoms with Crippen LogP contribution in [0.1, 0.15) is 6.42 Å². The number of hydrogen-bond donors (Lipinski definition) is 2. The van der Waals surface area contributed by atoms with Crippen molar-refractivity contribution in [3.63, 3.8) is 0 Å². The summed E-state index contributed by atoms with van der Waals surface area (Å²) < 4.78 is 0.851. The fourth-order valence-corrected chi connectivity index (χ4v) is 2.25. The number of carbonyl (C=O) groups excluding carboxylic acids is 1. The molecule has 1 aliphatic heterocycles. The summed E-state index contributed by atoms with van der Waals surface area (Å²) in [5, 5.41) is 11.5. The standard InChI is InChI=1S/C11H11BrN2O3/c12-7-2-1-3-8(4-7)14-9(5-10(15)16)6-13-11(14)17/h1-4,9H,5-6H2,(H,13,17)(H,15,16). The first kappa shape index (κ1) is 11.9. The van der Waals surface area contributed by atoms with Crippen LogP contribution in [-0.4, -0.2) is 29.7 Å². The van der Waals surface area contributed by atoms with Crippen molar-refractivity contribution in [2.75, 3.05) is 11.4 Å². The molecule has 6 heteroatoms. The van der Waals surface area contributed by atoms with Crippen LogP contribution in [0.3, 0.4) is 0 Å². The third kappa shape index (κ3) is 2.58. The summed E-state index contributed by atoms with van der Waals surface area (Å²) in [5.41, 5.74) is 0.695. The van der Waals surface area contributed by atoms with Crippen LogP contribution in [0.2, 0.25) is 0 Å². The van der Waals surface area contributed by atoms with E-state index in [2.05, 4.69) is 21.2 Å². The van der Waals surface area contributed by atoms with E-state index < -0.39 is 5.97 Å². The lowest BCUT2D eigenvalue weighted by atomic mass is 10.2. The molecular formula is C11H11BrN2O3. The number of carboxylic acid groups (broad SMARTS) is 1. The van der Waals surface area contributed by atoms with E-state index in [9.17, 15) is 9.59 Å². The number of rotatable bonds is 3. The van der Waals surface area contributed by atoms with Crippen LogP contribution in [0.25, 0.3) is 0 Å². The van der Waals surface area contributed by atoms with E-state index in [0.29, 0.717) is 12.2 Å². The van der Waals surface area contributed by atoms with Gasteiger partial charge < -0.3 is 10.4 Å². The zero-order valence-corrected chi connectivity index (χ0v) is 10.5. The zero-order valence-electron chi connectivity index (χ0n) is 8.89. The molecular weight excluding hydrogens is 288 g/mol. The van der Waals surface area contributed by atoms with Gasteiger partial charge in [0.1, 0.15) is 0 Å². The second kappa shape index (κ2) is 4.75. The maximum absolute atomic E-state index is 11.7. The SMILES string of the molecule is O=C(O)CC1CNC(=O)N1c1cccc(Br)c1. The molecule has 0 radical (unpaired) electrons. The van der Waals surface area contributed by atoms with Crippen LogP contribution in [0, 0.1) is 0 Å². The van der Waals surface area contributed by atoms with E-state index in [0.717, 1.165) is 4.47 Å². The fourth-order valence-electron chi connectivity index (χ4n) is 1.87. The number of aliphatic carboxylic acids is 1. The van der Waals surface area contributed by atoms with Gasteiger partial charge in [-0.2, -0.15) is 0 Å². The highest BCUT2D eigenvalue weighted by molar-refractivity contribution is 9.10. The zero-order chi connectivity index (χ0) is 12.4. The molecule has 0 saturated carbocycles. The summed E-state index contributed by atoms with van der Waals surface area (Å²) in [7, 11) is 0. The van der Waals surface area contributed by atoms with Crippen molar-refractivity contribution in [1.82, 2.24) is 5.32 Å². The molecule has 1 heterocycles. The molecule has 5 nitrogen and oxygen atoms in total. The van der Waals surface area contributed by atoms with Gasteiger partial charge in [-0.15, -0.1) is 0 Å². The summed E-state index contributed by atoms with van der Waals surface area (Å²) in [6.45, 7) is 0.359. The van der Waals surface area contributed by atoms with Gasteiger partial charge in [0.15, 0.2) is 0 Å². The predicted octanol–water partition coefficient (Wildman–Crippen LogP) is 1.82. The van der Waals surface area contributed by atoms with Gasteiger partial charge in [-0.1, -0.05) is 22.0 Å². The monoisotopic (exact) mass is 298 g/mol. The molecule has 17 heavy (non-hydrogen) atoms. The molecule has 2 rings (SSSR count). The molecule has 1 aromatic carbocycles. The van der Waals surface area contributed by atoms with Crippen molar-refractivity contribution in [3.05, 3.63) is 28.7 Å². The summed E-state index contributed by atoms with van der Waals surface area (Å²) in [6.07, 6.45) is -0.0642. The summed E-state index contributed by atoms with van der Waals surface area (Å²) in [6, 6.07) is 6.64. The highest BCUT2D eigenvalue weighted by atomic mass is 79.9. The number of amides is 2. The molecule has 1 aliphatic rings. The Hall–Kier alpha value is -1.56. The molecule has 0 bridgehead atoms. The average molecular weight is 299 g/mol. The smallest absolute Gasteiger partial charge is 0.322 e. The van der Waals surface area contributed by atoms with Gasteiger partial charge in [0.2, 0.25) is 0 Å². The third-order valence-electron chi connectivity index (χ3n) is 2.57. The van der Waals surface area contributed by atoms with Crippen molar-refractivity contribution < 1.29 is 14.7 Å². The van der Waals surface area contributed by atoms with Crippen LogP contribution < -0.4 is 10.2 Å². The number of hydrogen-bond acceptors (Lipinski definition) is 2. The third-order valence-corrected chi connectivity index (χ3v) is 3.06. The van der Waals surface area contributed by atoms with Gasteiger partial charge in [-0.25, -0.2) is 4.79 Å². The van der Waals surface area contributed by atoms with Crippen LogP contribution in [0.15, 0.2) is 28.7 Å². The maximum atomic E-state index is 11.7.